The molecule has 0 aromatic rings. The average molecular weight is 1060 g/mol. The third-order valence-corrected chi connectivity index (χ3v) is 14.2. The zero-order valence-corrected chi connectivity index (χ0v) is 54.6. The summed E-state index contributed by atoms with van der Waals surface area (Å²) in [5.41, 5.74) is 17.6. The highest BCUT2D eigenvalue weighted by Gasteiger charge is 2.14. The van der Waals surface area contributed by atoms with Crippen LogP contribution in [0.15, 0.2) is 66.9 Å². The molecule has 0 aromatic carbocycles. The van der Waals surface area contributed by atoms with E-state index >= 15 is 0 Å². The maximum Gasteiger partial charge on any atom is 0.129 e. The maximum absolute atomic E-state index is 5.70. The van der Waals surface area contributed by atoms with Crippen molar-refractivity contribution in [2.75, 3.05) is 7.11 Å². The lowest BCUT2D eigenvalue weighted by atomic mass is 9.94. The van der Waals surface area contributed by atoms with Gasteiger partial charge in [0.25, 0.3) is 0 Å². The second kappa shape index (κ2) is 45.4. The lowest BCUT2D eigenvalue weighted by Crippen LogP contribution is -2.19. The average Bonchev–Trinajstić information content (AvgIpc) is 3.40. The summed E-state index contributed by atoms with van der Waals surface area (Å²) in [5.74, 6) is 48.7. The molecule has 0 heterocycles. The van der Waals surface area contributed by atoms with Crippen LogP contribution in [-0.2, 0) is 4.74 Å². The zero-order chi connectivity index (χ0) is 57.7. The largest absolute Gasteiger partial charge is 0.366 e. The van der Waals surface area contributed by atoms with Gasteiger partial charge < -0.3 is 4.74 Å². The third kappa shape index (κ3) is 33.6. The van der Waals surface area contributed by atoms with Crippen LogP contribution in [0.25, 0.3) is 0 Å². The van der Waals surface area contributed by atoms with Gasteiger partial charge in [0.15, 0.2) is 0 Å². The molecule has 0 bridgehead atoms. The molecule has 0 spiro atoms. The maximum atomic E-state index is 5.70. The second-order valence-electron chi connectivity index (χ2n) is 22.6. The van der Waals surface area contributed by atoms with Crippen LogP contribution in [-0.4, -0.2) is 20.8 Å². The summed E-state index contributed by atoms with van der Waals surface area (Å²) < 4.78 is 5.70. The molecule has 0 amide bonds. The van der Waals surface area contributed by atoms with Crippen LogP contribution >= 0.6 is 0 Å². The van der Waals surface area contributed by atoms with Crippen LogP contribution in [0.2, 0.25) is 19.6 Å². The Bertz CT molecular complexity index is 2410. The second-order valence-corrected chi connectivity index (χ2v) is 27.3. The zero-order valence-electron chi connectivity index (χ0n) is 53.6. The summed E-state index contributed by atoms with van der Waals surface area (Å²) in [6.45, 7) is 38.3. The molecule has 2 heteroatoms. The van der Waals surface area contributed by atoms with E-state index in [0.717, 1.165) is 193 Å². The van der Waals surface area contributed by atoms with Crippen molar-refractivity contribution in [1.29, 1.82) is 0 Å². The third-order valence-electron chi connectivity index (χ3n) is 13.3. The summed E-state index contributed by atoms with van der Waals surface area (Å²) in [7, 11) is 0.201. The Morgan fingerprint density at radius 2 is 0.455 bits per heavy atom. The molecule has 0 aliphatic carbocycles. The van der Waals surface area contributed by atoms with Gasteiger partial charge in [-0.1, -0.05) is 257 Å². The first-order chi connectivity index (χ1) is 37.1. The van der Waals surface area contributed by atoms with E-state index in [1.807, 2.05) is 13.8 Å². The van der Waals surface area contributed by atoms with Gasteiger partial charge in [-0.3, -0.25) is 0 Å². The molecule has 0 aromatic heterocycles. The fourth-order valence-corrected chi connectivity index (χ4v) is 8.91. The molecular formula is C75H114OSi. The number of allylic oxidation sites excluding steroid dienone is 12. The van der Waals surface area contributed by atoms with E-state index in [1.54, 1.807) is 7.11 Å². The molecule has 0 rings (SSSR count). The van der Waals surface area contributed by atoms with Crippen LogP contribution in [0, 0.1) is 82.5 Å². The monoisotopic (exact) mass is 1060 g/mol. The highest BCUT2D eigenvalue weighted by molar-refractivity contribution is 6.83. The summed E-state index contributed by atoms with van der Waals surface area (Å²) >= 11 is 0. The number of methoxy groups -OCH3 is 1. The van der Waals surface area contributed by atoms with E-state index in [-0.39, 0.29) is 0 Å². The minimum atomic E-state index is -1.54. The van der Waals surface area contributed by atoms with Gasteiger partial charge in [-0.25, -0.2) is 0 Å². The number of hydrogen-bond donors (Lipinski definition) is 0. The van der Waals surface area contributed by atoms with Crippen molar-refractivity contribution in [3.8, 4) is 82.5 Å². The van der Waals surface area contributed by atoms with Crippen molar-refractivity contribution in [1.82, 2.24) is 0 Å². The van der Waals surface area contributed by atoms with Gasteiger partial charge in [-0.2, -0.15) is 0 Å². The van der Waals surface area contributed by atoms with Crippen molar-refractivity contribution >= 4 is 8.07 Å². The minimum Gasteiger partial charge on any atom is -0.366 e. The molecule has 0 fully saturated rings. The Kier molecular flexibility index (Phi) is 42.8. The lowest BCUT2D eigenvalue weighted by molar-refractivity contribution is 0.0741. The Morgan fingerprint density at radius 1 is 0.273 bits per heavy atom. The standard InChI is InChI=1S/C75H114OSi/c1-19-31-43-69(64(38-26-8)50-56-71(45-33-21-3)66(40-28-10)52-58-73(47-35-23-5)68(42-30-12)60-62-77(16,17)18)54-49-63(37-25-7)70(44-32-20-2)55-51-65(39-27-9)72(46-34-22-4)57-53-67(41-29-11)74(48-36-24-6)59-61-75(13,14)76-15/h19-48H2,1-18H3/b69-64+,70-63+,71-66+,72-65+,73-68+,74-67+. The number of hydrogen-bond acceptors (Lipinski definition) is 1. The molecule has 0 saturated carbocycles. The Hall–Kier alpha value is -4.46. The molecule has 0 N–H and O–H groups in total. The fourth-order valence-electron chi connectivity index (χ4n) is 8.38. The molecule has 0 radical (unpaired) electrons. The SMILES string of the molecule is CCCC/C(C#C/C(CCC)=C(/C#C/C(CCC)=C(/C#C/C(CCC)=C(/C#CC(C)(C)OC)CCCC)CCCC)CCCC)=C(\C#C/C(CCCC)=C(/C#C/C(CCCC)=C(/C#C[Si](C)(C)C)CCC)CCC)CCC. The van der Waals surface area contributed by atoms with E-state index in [0.29, 0.717) is 0 Å². The molecule has 0 unspecified atom stereocenters. The highest BCUT2D eigenvalue weighted by Crippen LogP contribution is 2.25. The van der Waals surface area contributed by atoms with Crippen LogP contribution in [0.1, 0.15) is 290 Å². The van der Waals surface area contributed by atoms with E-state index in [1.165, 1.54) is 66.9 Å². The molecule has 0 aliphatic rings. The van der Waals surface area contributed by atoms with Gasteiger partial charge in [0.05, 0.1) is 0 Å². The first kappa shape index (κ1) is 72.5. The lowest BCUT2D eigenvalue weighted by Gasteiger charge is -2.15. The first-order valence-corrected chi connectivity index (χ1v) is 35.1. The normalized spacial score (nSPS) is 13.1. The van der Waals surface area contributed by atoms with Gasteiger partial charge in [-0.15, -0.1) is 5.54 Å². The molecule has 0 aliphatic heterocycles. The van der Waals surface area contributed by atoms with Crippen LogP contribution in [0.3, 0.4) is 0 Å². The number of unbranched alkanes of at least 4 members (excludes halogenated alkanes) is 6. The Balaban J connectivity index is 8.73. The summed E-state index contributed by atoms with van der Waals surface area (Å²) in [5, 5.41) is 0. The van der Waals surface area contributed by atoms with Gasteiger partial charge in [0.1, 0.15) is 13.7 Å². The van der Waals surface area contributed by atoms with E-state index in [9.17, 15) is 0 Å². The first-order valence-electron chi connectivity index (χ1n) is 31.6. The van der Waals surface area contributed by atoms with Crippen molar-refractivity contribution in [2.24, 2.45) is 0 Å². The van der Waals surface area contributed by atoms with Gasteiger partial charge in [0.2, 0.25) is 0 Å². The minimum absolute atomic E-state index is 0.510. The number of ether oxygens (including phenoxy) is 1. The number of rotatable bonds is 31. The fraction of sp³-hybridized carbons (Fsp3) is 0.653. The summed E-state index contributed by atoms with van der Waals surface area (Å²) in [4.78, 5) is 0. The van der Waals surface area contributed by atoms with Gasteiger partial charge >= 0.3 is 0 Å². The van der Waals surface area contributed by atoms with Crippen LogP contribution in [0.5, 0.6) is 0 Å². The molecule has 1 nitrogen and oxygen atoms in total. The highest BCUT2D eigenvalue weighted by atomic mass is 28.3. The van der Waals surface area contributed by atoms with Crippen molar-refractivity contribution in [3.05, 3.63) is 66.9 Å². The molecule has 0 saturated heterocycles. The van der Waals surface area contributed by atoms with Crippen LogP contribution < -0.4 is 0 Å². The van der Waals surface area contributed by atoms with E-state index < -0.39 is 13.7 Å². The van der Waals surface area contributed by atoms with E-state index in [4.69, 9.17) is 4.74 Å². The predicted octanol–water partition coefficient (Wildman–Crippen LogP) is 22.0. The molecule has 424 valence electrons. The van der Waals surface area contributed by atoms with Crippen molar-refractivity contribution < 1.29 is 4.74 Å². The Morgan fingerprint density at radius 3 is 0.623 bits per heavy atom. The van der Waals surface area contributed by atoms with Crippen molar-refractivity contribution in [3.63, 3.8) is 0 Å². The molecule has 0 atom stereocenters. The summed E-state index contributed by atoms with van der Waals surface area (Å²) in [6.07, 6.45) is 30.8. The van der Waals surface area contributed by atoms with Gasteiger partial charge in [-0.05, 0) is 129 Å². The predicted molar refractivity (Wildman–Crippen MR) is 348 cm³/mol. The quantitative estimate of drug-likeness (QED) is 0.0497. The van der Waals surface area contributed by atoms with Gasteiger partial charge in [0, 0.05) is 74.0 Å². The van der Waals surface area contributed by atoms with Crippen molar-refractivity contribution in [2.45, 2.75) is 315 Å². The molecular weight excluding hydrogens is 945 g/mol. The van der Waals surface area contributed by atoms with E-state index in [2.05, 4.69) is 185 Å². The summed E-state index contributed by atoms with van der Waals surface area (Å²) in [6, 6.07) is 0. The van der Waals surface area contributed by atoms with Crippen LogP contribution in [0.4, 0.5) is 0 Å². The smallest absolute Gasteiger partial charge is 0.129 e. The topological polar surface area (TPSA) is 9.23 Å². The Labute approximate surface area is 481 Å². The molecule has 77 heavy (non-hydrogen) atoms.